The molecule has 2 atom stereocenters. The fraction of sp³-hybridized carbons (Fsp3) is 0.630. The topological polar surface area (TPSA) is 111 Å². The Balaban J connectivity index is 1.24. The van der Waals surface area contributed by atoms with Crippen molar-refractivity contribution in [2.75, 3.05) is 7.05 Å². The number of hydrogen-bond donors (Lipinski definition) is 1. The third-order valence-corrected chi connectivity index (χ3v) is 8.55. The Bertz CT molecular complexity index is 1210. The van der Waals surface area contributed by atoms with Crippen LogP contribution < -0.4 is 4.74 Å². The molecule has 9 nitrogen and oxygen atoms in total. The zero-order chi connectivity index (χ0) is 26.2. The number of nitrogens with zero attached hydrogens (tertiary/aromatic N) is 4. The van der Waals surface area contributed by atoms with Crippen LogP contribution in [0.25, 0.3) is 10.2 Å². The van der Waals surface area contributed by atoms with Gasteiger partial charge in [0.05, 0.1) is 11.6 Å². The standard InChI is InChI=1S/C27H36N4O5S/c1-27(2,3)36-26(33)31(4)17-7-9-18(10-8-17)35-24-22-21-16(5-11-19(32)23-28-13-14-34-23)6-12-20(21)37-25(22)30-15-29-24/h13-19,32H,5-12H2,1-4H3. The van der Waals surface area contributed by atoms with Gasteiger partial charge in [-0.2, -0.15) is 0 Å². The van der Waals surface area contributed by atoms with E-state index in [1.54, 1.807) is 28.8 Å². The number of fused-ring (bicyclic) bond motifs is 3. The minimum absolute atomic E-state index is 0.0450. The number of amides is 1. The van der Waals surface area contributed by atoms with E-state index in [4.69, 9.17) is 13.9 Å². The van der Waals surface area contributed by atoms with Crippen molar-refractivity contribution >= 4 is 27.6 Å². The van der Waals surface area contributed by atoms with Crippen LogP contribution in [0.3, 0.4) is 0 Å². The zero-order valence-electron chi connectivity index (χ0n) is 22.0. The molecule has 2 unspecified atom stereocenters. The molecule has 0 aromatic carbocycles. The van der Waals surface area contributed by atoms with Gasteiger partial charge in [0.1, 0.15) is 35.2 Å². The molecule has 3 aromatic rings. The number of hydrogen-bond acceptors (Lipinski definition) is 9. The number of rotatable bonds is 7. The fourth-order valence-electron chi connectivity index (χ4n) is 5.49. The summed E-state index contributed by atoms with van der Waals surface area (Å²) in [6, 6.07) is 0.143. The first kappa shape index (κ1) is 25.9. The van der Waals surface area contributed by atoms with E-state index >= 15 is 0 Å². The van der Waals surface area contributed by atoms with Crippen LogP contribution in [0.15, 0.2) is 23.2 Å². The predicted molar refractivity (Wildman–Crippen MR) is 140 cm³/mol. The quantitative estimate of drug-likeness (QED) is 0.411. The highest BCUT2D eigenvalue weighted by molar-refractivity contribution is 7.19. The molecule has 5 rings (SSSR count). The van der Waals surface area contributed by atoms with Crippen molar-refractivity contribution in [3.8, 4) is 5.88 Å². The zero-order valence-corrected chi connectivity index (χ0v) is 22.8. The molecule has 1 fully saturated rings. The number of aliphatic hydroxyl groups is 1. The Labute approximate surface area is 221 Å². The molecular weight excluding hydrogens is 492 g/mol. The predicted octanol–water partition coefficient (Wildman–Crippen LogP) is 5.78. The third kappa shape index (κ3) is 5.75. The summed E-state index contributed by atoms with van der Waals surface area (Å²) < 4.78 is 17.3. The fourth-order valence-corrected chi connectivity index (χ4v) is 6.72. The maximum absolute atomic E-state index is 12.5. The second kappa shape index (κ2) is 10.6. The lowest BCUT2D eigenvalue weighted by Gasteiger charge is -2.35. The van der Waals surface area contributed by atoms with Crippen LogP contribution in [0.1, 0.15) is 94.1 Å². The second-order valence-corrected chi connectivity index (χ2v) is 12.2. The third-order valence-electron chi connectivity index (χ3n) is 7.37. The first-order valence-electron chi connectivity index (χ1n) is 13.2. The Morgan fingerprint density at radius 3 is 2.70 bits per heavy atom. The summed E-state index contributed by atoms with van der Waals surface area (Å²) in [4.78, 5) is 29.7. The molecule has 2 aliphatic rings. The van der Waals surface area contributed by atoms with Crippen LogP contribution in [-0.4, -0.2) is 55.8 Å². The monoisotopic (exact) mass is 528 g/mol. The molecule has 2 aliphatic carbocycles. The number of oxazole rings is 1. The molecule has 0 spiro atoms. The van der Waals surface area contributed by atoms with E-state index in [1.807, 2.05) is 27.8 Å². The average molecular weight is 529 g/mol. The minimum Gasteiger partial charge on any atom is -0.474 e. The van der Waals surface area contributed by atoms with Crippen molar-refractivity contribution in [3.05, 3.63) is 35.1 Å². The van der Waals surface area contributed by atoms with Crippen LogP contribution in [0, 0.1) is 0 Å². The summed E-state index contributed by atoms with van der Waals surface area (Å²) >= 11 is 1.73. The first-order chi connectivity index (χ1) is 17.7. The number of aliphatic hydroxyl groups excluding tert-OH is 1. The molecule has 37 heavy (non-hydrogen) atoms. The summed E-state index contributed by atoms with van der Waals surface area (Å²) in [5.74, 6) is 1.35. The van der Waals surface area contributed by atoms with Crippen LogP contribution in [-0.2, 0) is 11.2 Å². The van der Waals surface area contributed by atoms with Crippen molar-refractivity contribution < 1.29 is 23.8 Å². The van der Waals surface area contributed by atoms with Gasteiger partial charge in [-0.05, 0) is 83.6 Å². The van der Waals surface area contributed by atoms with E-state index in [0.717, 1.165) is 55.2 Å². The van der Waals surface area contributed by atoms with E-state index in [9.17, 15) is 9.90 Å². The van der Waals surface area contributed by atoms with Gasteiger partial charge in [-0.3, -0.25) is 0 Å². The van der Waals surface area contributed by atoms with Crippen LogP contribution in [0.4, 0.5) is 4.79 Å². The van der Waals surface area contributed by atoms with Crippen LogP contribution >= 0.6 is 11.3 Å². The molecular formula is C27H36N4O5S. The molecule has 3 aromatic heterocycles. The lowest BCUT2D eigenvalue weighted by Crippen LogP contribution is -2.43. The normalized spacial score (nSPS) is 22.6. The molecule has 0 saturated heterocycles. The SMILES string of the molecule is CN(C(=O)OC(C)(C)C)C1CCC(Oc2ncnc3sc4c(c23)C(CCC(O)c2ncco2)CC4)CC1. The molecule has 0 radical (unpaired) electrons. The highest BCUT2D eigenvalue weighted by Gasteiger charge is 2.33. The second-order valence-electron chi connectivity index (χ2n) is 11.1. The van der Waals surface area contributed by atoms with Crippen molar-refractivity contribution in [1.29, 1.82) is 0 Å². The number of ether oxygens (including phenoxy) is 2. The van der Waals surface area contributed by atoms with E-state index in [1.165, 1.54) is 16.7 Å². The largest absolute Gasteiger partial charge is 0.474 e. The molecule has 200 valence electrons. The smallest absolute Gasteiger partial charge is 0.410 e. The average Bonchev–Trinajstić information content (AvgIpc) is 3.59. The van der Waals surface area contributed by atoms with Gasteiger partial charge >= 0.3 is 6.09 Å². The first-order valence-corrected chi connectivity index (χ1v) is 14.0. The highest BCUT2D eigenvalue weighted by Crippen LogP contribution is 2.48. The van der Waals surface area contributed by atoms with Gasteiger partial charge in [-0.15, -0.1) is 11.3 Å². The minimum atomic E-state index is -0.704. The van der Waals surface area contributed by atoms with Gasteiger partial charge in [-0.25, -0.2) is 19.7 Å². The van der Waals surface area contributed by atoms with Crippen LogP contribution in [0.2, 0.25) is 0 Å². The van der Waals surface area contributed by atoms with Crippen molar-refractivity contribution in [3.63, 3.8) is 0 Å². The van der Waals surface area contributed by atoms with Crippen molar-refractivity contribution in [1.82, 2.24) is 19.9 Å². The maximum Gasteiger partial charge on any atom is 0.410 e. The number of thiophene rings is 1. The lowest BCUT2D eigenvalue weighted by molar-refractivity contribution is 0.0137. The Morgan fingerprint density at radius 1 is 1.22 bits per heavy atom. The number of aromatic nitrogens is 3. The van der Waals surface area contributed by atoms with Gasteiger partial charge in [0, 0.05) is 18.0 Å². The Morgan fingerprint density at radius 2 is 2.00 bits per heavy atom. The number of carbonyl (C=O) groups excluding carboxylic acids is 1. The molecule has 3 heterocycles. The molecule has 0 aliphatic heterocycles. The lowest BCUT2D eigenvalue weighted by atomic mass is 9.92. The van der Waals surface area contributed by atoms with Gasteiger partial charge in [-0.1, -0.05) is 0 Å². The summed E-state index contributed by atoms with van der Waals surface area (Å²) in [5.41, 5.74) is 0.782. The summed E-state index contributed by atoms with van der Waals surface area (Å²) in [6.07, 6.45) is 10.6. The maximum atomic E-state index is 12.5. The van der Waals surface area contributed by atoms with Gasteiger partial charge in [0.2, 0.25) is 11.8 Å². The van der Waals surface area contributed by atoms with Crippen LogP contribution in [0.5, 0.6) is 5.88 Å². The van der Waals surface area contributed by atoms with E-state index < -0.39 is 11.7 Å². The highest BCUT2D eigenvalue weighted by atomic mass is 32.1. The van der Waals surface area contributed by atoms with Crippen molar-refractivity contribution in [2.24, 2.45) is 0 Å². The van der Waals surface area contributed by atoms with Crippen molar-refractivity contribution in [2.45, 2.75) is 102 Å². The molecule has 10 heteroatoms. The molecule has 0 bridgehead atoms. The van der Waals surface area contributed by atoms with E-state index in [2.05, 4.69) is 15.0 Å². The summed E-state index contributed by atoms with van der Waals surface area (Å²) in [7, 11) is 1.82. The van der Waals surface area contributed by atoms with E-state index in [-0.39, 0.29) is 18.2 Å². The number of carbonyl (C=O) groups is 1. The summed E-state index contributed by atoms with van der Waals surface area (Å²) in [6.45, 7) is 5.66. The molecule has 1 N–H and O–H groups in total. The Hall–Kier alpha value is -2.72. The van der Waals surface area contributed by atoms with Gasteiger partial charge < -0.3 is 23.9 Å². The summed E-state index contributed by atoms with van der Waals surface area (Å²) in [5, 5.41) is 11.5. The number of aryl methyl sites for hydroxylation is 1. The molecule has 1 amide bonds. The van der Waals surface area contributed by atoms with Gasteiger partial charge in [0.15, 0.2) is 0 Å². The Kier molecular flexibility index (Phi) is 7.40. The van der Waals surface area contributed by atoms with Gasteiger partial charge in [0.25, 0.3) is 0 Å². The molecule has 1 saturated carbocycles. The van der Waals surface area contributed by atoms with E-state index in [0.29, 0.717) is 24.1 Å².